The first-order valence-electron chi connectivity index (χ1n) is 9.16. The Morgan fingerprint density at radius 2 is 1.44 bits per heavy atom. The number of rotatable bonds is 8. The number of hydrogen-bond donors (Lipinski definition) is 0. The molecule has 1 unspecified atom stereocenters. The molecule has 2 aromatic rings. The molecule has 0 N–H and O–H groups in total. The molecule has 0 saturated heterocycles. The van der Waals surface area contributed by atoms with Gasteiger partial charge >= 0.3 is 152 Å². The van der Waals surface area contributed by atoms with Crippen LogP contribution in [0.25, 0.3) is 0 Å². The van der Waals surface area contributed by atoms with Crippen molar-refractivity contribution in [2.24, 2.45) is 5.92 Å². The summed E-state index contributed by atoms with van der Waals surface area (Å²) in [7, 11) is 0. The first-order valence-corrected chi connectivity index (χ1v) is 12.5. The van der Waals surface area contributed by atoms with Gasteiger partial charge in [-0.15, -0.1) is 0 Å². The normalized spacial score (nSPS) is 14.3. The van der Waals surface area contributed by atoms with Crippen LogP contribution in [0.15, 0.2) is 60.7 Å². The van der Waals surface area contributed by atoms with Crippen LogP contribution in [0.5, 0.6) is 0 Å². The molecular formula is C22H31O2P. The summed E-state index contributed by atoms with van der Waals surface area (Å²) in [6.45, 7) is 6.90. The maximum absolute atomic E-state index is 12.5. The molecule has 0 fully saturated rings. The van der Waals surface area contributed by atoms with Crippen LogP contribution >= 0.6 is 6.60 Å². The molecule has 0 aromatic heterocycles. The van der Waals surface area contributed by atoms with E-state index in [1.807, 2.05) is 19.1 Å². The molecule has 2 aromatic carbocycles. The number of carbonyl (C=O) groups excluding carboxylic acids is 1. The van der Waals surface area contributed by atoms with Crippen LogP contribution in [-0.4, -0.2) is 32.1 Å². The van der Waals surface area contributed by atoms with E-state index >= 15 is 0 Å². The summed E-state index contributed by atoms with van der Waals surface area (Å²) in [6, 6.07) is 21.3. The van der Waals surface area contributed by atoms with Gasteiger partial charge in [-0.3, -0.25) is 0 Å². The third-order valence-corrected chi connectivity index (χ3v) is 10.7. The Bertz CT molecular complexity index is 636. The quantitative estimate of drug-likeness (QED) is 0.396. The zero-order chi connectivity index (χ0) is 18.4. The Balaban J connectivity index is 2.35. The molecule has 0 amide bonds. The molecule has 0 saturated carbocycles. The predicted octanol–water partition coefficient (Wildman–Crippen LogP) is 4.43. The molecule has 0 spiro atoms. The number of hydrogen-bond acceptors (Lipinski definition) is 2. The monoisotopic (exact) mass is 358 g/mol. The van der Waals surface area contributed by atoms with Gasteiger partial charge in [0.1, 0.15) is 0 Å². The van der Waals surface area contributed by atoms with Gasteiger partial charge in [-0.1, -0.05) is 0 Å². The van der Waals surface area contributed by atoms with Crippen LogP contribution in [0.1, 0.15) is 26.7 Å². The third kappa shape index (κ3) is 4.50. The summed E-state index contributed by atoms with van der Waals surface area (Å²) in [5, 5.41) is 2.68. The Hall–Kier alpha value is -1.66. The number of esters is 1. The van der Waals surface area contributed by atoms with Crippen LogP contribution in [0.3, 0.4) is 0 Å². The van der Waals surface area contributed by atoms with Gasteiger partial charge in [0.2, 0.25) is 0 Å². The summed E-state index contributed by atoms with van der Waals surface area (Å²) >= 11 is 0. The van der Waals surface area contributed by atoms with E-state index in [0.717, 1.165) is 19.0 Å². The molecule has 0 aliphatic rings. The fraction of sp³-hybridized carbons (Fsp3) is 0.409. The van der Waals surface area contributed by atoms with Crippen molar-refractivity contribution in [2.75, 3.05) is 26.1 Å². The van der Waals surface area contributed by atoms with E-state index in [4.69, 9.17) is 4.74 Å². The molecule has 0 radical (unpaired) electrons. The zero-order valence-electron chi connectivity index (χ0n) is 15.9. The van der Waals surface area contributed by atoms with E-state index in [-0.39, 0.29) is 11.9 Å². The molecular weight excluding hydrogens is 327 g/mol. The third-order valence-electron chi connectivity index (χ3n) is 5.13. The first-order chi connectivity index (χ1) is 11.9. The van der Waals surface area contributed by atoms with Gasteiger partial charge in [0.15, 0.2) is 0 Å². The number of carbonyl (C=O) groups is 1. The van der Waals surface area contributed by atoms with Gasteiger partial charge in [0.25, 0.3) is 0 Å². The Morgan fingerprint density at radius 3 is 1.88 bits per heavy atom. The molecule has 25 heavy (non-hydrogen) atoms. The molecule has 0 heterocycles. The van der Waals surface area contributed by atoms with Gasteiger partial charge in [0.05, 0.1) is 0 Å². The minimum absolute atomic E-state index is 0.0713. The Morgan fingerprint density at radius 1 is 0.960 bits per heavy atom. The van der Waals surface area contributed by atoms with Gasteiger partial charge in [-0.2, -0.15) is 0 Å². The van der Waals surface area contributed by atoms with E-state index in [2.05, 4.69) is 68.8 Å². The van der Waals surface area contributed by atoms with Crippen LogP contribution in [0.2, 0.25) is 0 Å². The van der Waals surface area contributed by atoms with Gasteiger partial charge < -0.3 is 0 Å². The van der Waals surface area contributed by atoms with E-state index in [9.17, 15) is 4.79 Å². The van der Waals surface area contributed by atoms with Gasteiger partial charge in [-0.25, -0.2) is 0 Å². The van der Waals surface area contributed by atoms with Gasteiger partial charge in [0, 0.05) is 0 Å². The molecule has 0 aliphatic carbocycles. The van der Waals surface area contributed by atoms with Crippen molar-refractivity contribution < 1.29 is 9.53 Å². The first kappa shape index (κ1) is 19.7. The minimum atomic E-state index is -2.47. The molecule has 136 valence electrons. The van der Waals surface area contributed by atoms with Crippen molar-refractivity contribution in [2.45, 2.75) is 26.7 Å². The summed E-state index contributed by atoms with van der Waals surface area (Å²) in [5.74, 6) is -0.192. The fourth-order valence-electron chi connectivity index (χ4n) is 3.53. The second-order valence-corrected chi connectivity index (χ2v) is 13.9. The predicted molar refractivity (Wildman–Crippen MR) is 111 cm³/mol. The number of ether oxygens (including phenoxy) is 1. The second kappa shape index (κ2) is 8.15. The van der Waals surface area contributed by atoms with E-state index in [0.29, 0.717) is 6.61 Å². The van der Waals surface area contributed by atoms with Crippen LogP contribution in [0.4, 0.5) is 0 Å². The van der Waals surface area contributed by atoms with Crippen LogP contribution in [0, 0.1) is 5.92 Å². The number of unbranched alkanes of at least 4 members (excludes halogenated alkanes) is 1. The zero-order valence-corrected chi connectivity index (χ0v) is 16.8. The summed E-state index contributed by atoms with van der Waals surface area (Å²) < 4.78 is 5.49. The summed E-state index contributed by atoms with van der Waals surface area (Å²) in [5.41, 5.74) is 0. The van der Waals surface area contributed by atoms with Crippen molar-refractivity contribution in [3.8, 4) is 0 Å². The van der Waals surface area contributed by atoms with Crippen molar-refractivity contribution in [1.29, 1.82) is 0 Å². The second-order valence-electron chi connectivity index (χ2n) is 7.68. The Labute approximate surface area is 152 Å². The maximum atomic E-state index is 12.5. The average molecular weight is 358 g/mol. The molecule has 2 nitrogen and oxygen atoms in total. The van der Waals surface area contributed by atoms with Gasteiger partial charge in [-0.05, 0) is 0 Å². The van der Waals surface area contributed by atoms with Crippen molar-refractivity contribution in [3.05, 3.63) is 60.7 Å². The number of benzene rings is 2. The molecule has 0 bridgehead atoms. The fourth-order valence-corrected chi connectivity index (χ4v) is 8.30. The molecule has 2 rings (SSSR count). The van der Waals surface area contributed by atoms with Crippen molar-refractivity contribution >= 4 is 23.2 Å². The topological polar surface area (TPSA) is 26.3 Å². The van der Waals surface area contributed by atoms with Crippen LogP contribution < -0.4 is 10.6 Å². The van der Waals surface area contributed by atoms with E-state index < -0.39 is 6.60 Å². The SMILES string of the molecule is CCCCOC(=O)C(C)CP(C)(C)(c1ccccc1)c1ccccc1. The summed E-state index contributed by atoms with van der Waals surface area (Å²) in [4.78, 5) is 12.5. The molecule has 3 heteroatoms. The summed E-state index contributed by atoms with van der Waals surface area (Å²) in [6.07, 6.45) is 2.79. The average Bonchev–Trinajstić information content (AvgIpc) is 2.63. The molecule has 0 aliphatic heterocycles. The standard InChI is InChI=1S/C22H31O2P/c1-5-6-17-24-22(23)19(2)18-25(3,4,20-13-9-7-10-14-20)21-15-11-8-12-16-21/h7-16,19H,5-6,17-18H2,1-4H3. The van der Waals surface area contributed by atoms with E-state index in [1.54, 1.807) is 0 Å². The molecule has 1 atom stereocenters. The van der Waals surface area contributed by atoms with Crippen LogP contribution in [-0.2, 0) is 9.53 Å². The van der Waals surface area contributed by atoms with E-state index in [1.165, 1.54) is 10.6 Å². The Kier molecular flexibility index (Phi) is 6.41. The van der Waals surface area contributed by atoms with Crippen molar-refractivity contribution in [3.63, 3.8) is 0 Å². The van der Waals surface area contributed by atoms with Crippen molar-refractivity contribution in [1.82, 2.24) is 0 Å².